The summed E-state index contributed by atoms with van der Waals surface area (Å²) in [6.07, 6.45) is 3.30. The zero-order valence-electron chi connectivity index (χ0n) is 22.5. The molecule has 1 saturated heterocycles. The summed E-state index contributed by atoms with van der Waals surface area (Å²) >= 11 is 0. The van der Waals surface area contributed by atoms with Crippen LogP contribution in [0.5, 0.6) is 0 Å². The van der Waals surface area contributed by atoms with Crippen LogP contribution < -0.4 is 5.32 Å². The van der Waals surface area contributed by atoms with E-state index in [0.29, 0.717) is 12.3 Å². The van der Waals surface area contributed by atoms with Crippen molar-refractivity contribution in [2.75, 3.05) is 20.6 Å². The number of nitrogens with zero attached hydrogens (tertiary/aromatic N) is 2. The van der Waals surface area contributed by atoms with Gasteiger partial charge in [-0.25, -0.2) is 4.79 Å². The van der Waals surface area contributed by atoms with E-state index in [0.717, 1.165) is 13.0 Å². The quantitative estimate of drug-likeness (QED) is 0.545. The molecule has 0 aliphatic carbocycles. The van der Waals surface area contributed by atoms with Crippen molar-refractivity contribution in [3.63, 3.8) is 0 Å². The molecule has 1 aromatic carbocycles. The van der Waals surface area contributed by atoms with Crippen molar-refractivity contribution in [3.05, 3.63) is 47.5 Å². The number of aliphatic carboxylic acids is 1. The largest absolute Gasteiger partial charge is 0.478 e. The summed E-state index contributed by atoms with van der Waals surface area (Å²) in [5, 5.41) is 12.4. The molecule has 194 valence electrons. The number of nitrogens with one attached hydrogen (secondary N) is 1. The van der Waals surface area contributed by atoms with Crippen LogP contribution >= 0.6 is 0 Å². The van der Waals surface area contributed by atoms with Gasteiger partial charge in [-0.3, -0.25) is 14.5 Å². The maximum atomic E-state index is 13.7. The number of likely N-dealkylation sites (tertiary alicyclic amines) is 1. The third kappa shape index (κ3) is 7.40. The molecule has 7 nitrogen and oxygen atoms in total. The number of carbonyl (C=O) groups excluding carboxylic acids is 2. The minimum atomic E-state index is -1.01. The molecular weight excluding hydrogens is 442 g/mol. The molecule has 2 rings (SSSR count). The van der Waals surface area contributed by atoms with Gasteiger partial charge in [0.1, 0.15) is 6.04 Å². The molecule has 1 aliphatic rings. The molecule has 7 heteroatoms. The van der Waals surface area contributed by atoms with Crippen LogP contribution in [0.25, 0.3) is 0 Å². The third-order valence-electron chi connectivity index (χ3n) is 7.08. The number of carbonyl (C=O) groups is 3. The fourth-order valence-electron chi connectivity index (χ4n) is 4.73. The molecule has 1 fully saturated rings. The first-order chi connectivity index (χ1) is 16.2. The Balaban J connectivity index is 2.25. The van der Waals surface area contributed by atoms with E-state index in [1.807, 2.05) is 59.9 Å². The fourth-order valence-corrected chi connectivity index (χ4v) is 4.73. The van der Waals surface area contributed by atoms with E-state index in [1.54, 1.807) is 18.0 Å². The standard InChI is InChI=1S/C28H43N3O4/c1-18(2)22(16-19(3)27(34)35)31(8)26(33)24(28(4,5)6)29-25(32)23-17-21(14-15-30(23)7)20-12-10-9-11-13-20/h9-13,16,18,21-24H,14-15,17H2,1-8H3,(H,29,32)(H,34,35)/b19-16+/t21-,22+,23?,24?/m0/s1. The second-order valence-corrected chi connectivity index (χ2v) is 11.3. The highest BCUT2D eigenvalue weighted by Crippen LogP contribution is 2.31. The Hall–Kier alpha value is -2.67. The summed E-state index contributed by atoms with van der Waals surface area (Å²) < 4.78 is 0. The van der Waals surface area contributed by atoms with Crippen molar-refractivity contribution in [1.82, 2.24) is 15.1 Å². The van der Waals surface area contributed by atoms with Crippen molar-refractivity contribution in [2.45, 2.75) is 78.4 Å². The highest BCUT2D eigenvalue weighted by molar-refractivity contribution is 5.91. The van der Waals surface area contributed by atoms with Crippen LogP contribution in [0, 0.1) is 11.3 Å². The maximum absolute atomic E-state index is 13.7. The van der Waals surface area contributed by atoms with Crippen LogP contribution in [0.4, 0.5) is 0 Å². The second kappa shape index (κ2) is 11.8. The molecule has 1 heterocycles. The second-order valence-electron chi connectivity index (χ2n) is 11.3. The molecular formula is C28H43N3O4. The van der Waals surface area contributed by atoms with Crippen molar-refractivity contribution in [3.8, 4) is 0 Å². The molecule has 0 aromatic heterocycles. The highest BCUT2D eigenvalue weighted by atomic mass is 16.4. The maximum Gasteiger partial charge on any atom is 0.331 e. The van der Waals surface area contributed by atoms with E-state index < -0.39 is 23.5 Å². The number of carboxylic acid groups (broad SMARTS) is 1. The predicted molar refractivity (Wildman–Crippen MR) is 139 cm³/mol. The lowest BCUT2D eigenvalue weighted by Crippen LogP contribution is -2.60. The smallest absolute Gasteiger partial charge is 0.331 e. The number of rotatable bonds is 8. The molecule has 1 aromatic rings. The lowest BCUT2D eigenvalue weighted by atomic mass is 9.83. The van der Waals surface area contributed by atoms with Crippen LogP contribution in [-0.2, 0) is 14.4 Å². The number of amides is 2. The Morgan fingerprint density at radius 2 is 1.77 bits per heavy atom. The topological polar surface area (TPSA) is 90.0 Å². The molecule has 4 atom stereocenters. The van der Waals surface area contributed by atoms with Gasteiger partial charge in [0.05, 0.1) is 12.1 Å². The van der Waals surface area contributed by atoms with Gasteiger partial charge >= 0.3 is 5.97 Å². The van der Waals surface area contributed by atoms with Crippen LogP contribution in [0.1, 0.15) is 65.9 Å². The van der Waals surface area contributed by atoms with Gasteiger partial charge in [-0.2, -0.15) is 0 Å². The lowest BCUT2D eigenvalue weighted by Gasteiger charge is -2.40. The molecule has 2 unspecified atom stereocenters. The predicted octanol–water partition coefficient (Wildman–Crippen LogP) is 3.91. The van der Waals surface area contributed by atoms with Crippen molar-refractivity contribution < 1.29 is 19.5 Å². The highest BCUT2D eigenvalue weighted by Gasteiger charge is 2.40. The monoisotopic (exact) mass is 485 g/mol. The fraction of sp³-hybridized carbons (Fsp3) is 0.607. The Labute approximate surface area is 210 Å². The SMILES string of the molecule is C/C(=C\[C@H](C(C)C)N(C)C(=O)C(NC(=O)C1C[C@@H](c2ccccc2)CCN1C)C(C)(C)C)C(=O)O. The van der Waals surface area contributed by atoms with Crippen LogP contribution in [0.3, 0.4) is 0 Å². The Morgan fingerprint density at radius 1 is 1.17 bits per heavy atom. The van der Waals surface area contributed by atoms with Gasteiger partial charge in [-0.15, -0.1) is 0 Å². The first kappa shape index (κ1) is 28.6. The van der Waals surface area contributed by atoms with Crippen LogP contribution in [0.15, 0.2) is 42.0 Å². The summed E-state index contributed by atoms with van der Waals surface area (Å²) in [7, 11) is 3.64. The zero-order valence-corrected chi connectivity index (χ0v) is 22.5. The number of carboxylic acids is 1. The van der Waals surface area contributed by atoms with E-state index in [1.165, 1.54) is 12.5 Å². The average Bonchev–Trinajstić information content (AvgIpc) is 2.79. The van der Waals surface area contributed by atoms with Gasteiger partial charge in [0.15, 0.2) is 0 Å². The molecule has 2 N–H and O–H groups in total. The Bertz CT molecular complexity index is 920. The van der Waals surface area contributed by atoms with E-state index >= 15 is 0 Å². The molecule has 1 aliphatic heterocycles. The normalized spacial score (nSPS) is 21.3. The van der Waals surface area contributed by atoms with Crippen molar-refractivity contribution >= 4 is 17.8 Å². The van der Waals surface area contributed by atoms with E-state index in [-0.39, 0.29) is 29.3 Å². The summed E-state index contributed by atoms with van der Waals surface area (Å²) in [4.78, 5) is 42.3. The van der Waals surface area contributed by atoms with E-state index in [4.69, 9.17) is 0 Å². The molecule has 0 saturated carbocycles. The van der Waals surface area contributed by atoms with Crippen LogP contribution in [0.2, 0.25) is 0 Å². The van der Waals surface area contributed by atoms with Gasteiger partial charge in [0.2, 0.25) is 11.8 Å². The summed E-state index contributed by atoms with van der Waals surface area (Å²) in [5.41, 5.74) is 0.901. The number of hydrogen-bond acceptors (Lipinski definition) is 4. The zero-order chi connectivity index (χ0) is 26.5. The molecule has 0 bridgehead atoms. The van der Waals surface area contributed by atoms with Gasteiger partial charge in [-0.05, 0) is 56.2 Å². The number of benzene rings is 1. The van der Waals surface area contributed by atoms with Crippen LogP contribution in [-0.4, -0.2) is 71.5 Å². The first-order valence-corrected chi connectivity index (χ1v) is 12.5. The minimum absolute atomic E-state index is 0.00526. The molecule has 0 radical (unpaired) electrons. The third-order valence-corrected chi connectivity index (χ3v) is 7.08. The Kier molecular flexibility index (Phi) is 9.67. The molecule has 35 heavy (non-hydrogen) atoms. The van der Waals surface area contributed by atoms with Gasteiger partial charge in [0, 0.05) is 12.6 Å². The number of likely N-dealkylation sites (N-methyl/N-ethyl adjacent to an activating group) is 2. The van der Waals surface area contributed by atoms with Gasteiger partial charge < -0.3 is 15.3 Å². The van der Waals surface area contributed by atoms with Crippen molar-refractivity contribution in [2.24, 2.45) is 11.3 Å². The van der Waals surface area contributed by atoms with Gasteiger partial charge in [0.25, 0.3) is 0 Å². The molecule has 0 spiro atoms. The van der Waals surface area contributed by atoms with Gasteiger partial charge in [-0.1, -0.05) is 71.0 Å². The number of hydrogen-bond donors (Lipinski definition) is 2. The summed E-state index contributed by atoms with van der Waals surface area (Å²) in [6.45, 7) is 12.0. The van der Waals surface area contributed by atoms with E-state index in [9.17, 15) is 19.5 Å². The minimum Gasteiger partial charge on any atom is -0.478 e. The Morgan fingerprint density at radius 3 is 2.29 bits per heavy atom. The van der Waals surface area contributed by atoms with Crippen molar-refractivity contribution in [1.29, 1.82) is 0 Å². The summed E-state index contributed by atoms with van der Waals surface area (Å²) in [6, 6.07) is 8.80. The molecule has 2 amide bonds. The first-order valence-electron chi connectivity index (χ1n) is 12.5. The average molecular weight is 486 g/mol. The summed E-state index contributed by atoms with van der Waals surface area (Å²) in [5.74, 6) is -1.08. The number of piperidine rings is 1. The lowest BCUT2D eigenvalue weighted by molar-refractivity contribution is -0.141. The van der Waals surface area contributed by atoms with E-state index in [2.05, 4.69) is 22.3 Å².